The molecule has 1 amide bonds. The molecular formula is C18H23N5O2S. The summed E-state index contributed by atoms with van der Waals surface area (Å²) in [6.45, 7) is 8.46. The van der Waals surface area contributed by atoms with Gasteiger partial charge in [-0.1, -0.05) is 11.8 Å². The first-order chi connectivity index (χ1) is 12.5. The summed E-state index contributed by atoms with van der Waals surface area (Å²) in [5.74, 6) is 1.41. The number of amides is 1. The molecule has 0 fully saturated rings. The van der Waals surface area contributed by atoms with Gasteiger partial charge in [-0.2, -0.15) is 5.10 Å². The zero-order chi connectivity index (χ0) is 18.7. The van der Waals surface area contributed by atoms with E-state index in [-0.39, 0.29) is 17.2 Å². The normalized spacial score (nSPS) is 12.5. The second-order valence-corrected chi connectivity index (χ2v) is 7.49. The van der Waals surface area contributed by atoms with Crippen LogP contribution in [0, 0.1) is 0 Å². The van der Waals surface area contributed by atoms with Gasteiger partial charge in [0.2, 0.25) is 5.91 Å². The van der Waals surface area contributed by atoms with Crippen LogP contribution in [0.15, 0.2) is 35.6 Å². The Kier molecular flexibility index (Phi) is 5.51. The van der Waals surface area contributed by atoms with Crippen LogP contribution in [0.25, 0.3) is 11.0 Å². The molecule has 8 heteroatoms. The lowest BCUT2D eigenvalue weighted by Crippen LogP contribution is -2.24. The van der Waals surface area contributed by atoms with Crippen LogP contribution in [0.5, 0.6) is 5.75 Å². The van der Waals surface area contributed by atoms with Crippen molar-refractivity contribution < 1.29 is 9.53 Å². The second-order valence-electron chi connectivity index (χ2n) is 6.16. The van der Waals surface area contributed by atoms with Crippen LogP contribution < -0.4 is 10.1 Å². The van der Waals surface area contributed by atoms with Gasteiger partial charge in [-0.15, -0.1) is 0 Å². The highest BCUT2D eigenvalue weighted by molar-refractivity contribution is 8.00. The summed E-state index contributed by atoms with van der Waals surface area (Å²) in [7, 11) is 0. The fourth-order valence-corrected chi connectivity index (χ4v) is 3.37. The Morgan fingerprint density at radius 2 is 2.15 bits per heavy atom. The van der Waals surface area contributed by atoms with Gasteiger partial charge in [-0.25, -0.2) is 9.67 Å². The Bertz CT molecular complexity index is 902. The first kappa shape index (κ1) is 18.3. The molecule has 1 aromatic carbocycles. The van der Waals surface area contributed by atoms with E-state index in [0.717, 1.165) is 16.8 Å². The number of H-pyrrole nitrogens is 1. The third kappa shape index (κ3) is 4.01. The van der Waals surface area contributed by atoms with Crippen molar-refractivity contribution in [1.29, 1.82) is 0 Å². The molecule has 7 nitrogen and oxygen atoms in total. The van der Waals surface area contributed by atoms with Crippen molar-refractivity contribution in [2.75, 3.05) is 11.9 Å². The molecule has 3 rings (SSSR count). The maximum atomic E-state index is 12.5. The van der Waals surface area contributed by atoms with Gasteiger partial charge in [0.1, 0.15) is 11.6 Å². The number of imidazole rings is 1. The average Bonchev–Trinajstić information content (AvgIpc) is 3.20. The third-order valence-corrected chi connectivity index (χ3v) is 4.80. The zero-order valence-corrected chi connectivity index (χ0v) is 16.1. The number of aromatic nitrogens is 4. The van der Waals surface area contributed by atoms with E-state index in [0.29, 0.717) is 17.6 Å². The minimum absolute atomic E-state index is 0.0899. The number of thioether (sulfide) groups is 1. The molecule has 0 aliphatic rings. The van der Waals surface area contributed by atoms with Crippen LogP contribution in [-0.2, 0) is 4.79 Å². The minimum atomic E-state index is -0.308. The van der Waals surface area contributed by atoms with Gasteiger partial charge in [0.25, 0.3) is 0 Å². The number of carbonyl (C=O) groups is 1. The lowest BCUT2D eigenvalue weighted by Gasteiger charge is -2.14. The maximum absolute atomic E-state index is 12.5. The molecule has 138 valence electrons. The molecule has 2 aromatic heterocycles. The Balaban J connectivity index is 1.68. The van der Waals surface area contributed by atoms with Crippen LogP contribution in [0.4, 0.5) is 5.82 Å². The Morgan fingerprint density at radius 3 is 2.88 bits per heavy atom. The molecule has 2 heterocycles. The molecule has 26 heavy (non-hydrogen) atoms. The van der Waals surface area contributed by atoms with Crippen molar-refractivity contribution in [3.05, 3.63) is 30.5 Å². The number of carbonyl (C=O) groups excluding carboxylic acids is 1. The van der Waals surface area contributed by atoms with E-state index in [1.807, 2.05) is 45.9 Å². The Hall–Kier alpha value is -2.48. The van der Waals surface area contributed by atoms with Crippen molar-refractivity contribution in [2.24, 2.45) is 0 Å². The number of fused-ring (bicyclic) bond motifs is 1. The van der Waals surface area contributed by atoms with Crippen molar-refractivity contribution >= 4 is 34.5 Å². The van der Waals surface area contributed by atoms with Gasteiger partial charge in [-0.05, 0) is 39.8 Å². The number of rotatable bonds is 7. The monoisotopic (exact) mass is 373 g/mol. The molecule has 0 radical (unpaired) electrons. The highest BCUT2D eigenvalue weighted by atomic mass is 32.2. The topological polar surface area (TPSA) is 84.8 Å². The molecule has 1 atom stereocenters. The maximum Gasteiger partial charge on any atom is 0.238 e. The quantitative estimate of drug-likeness (QED) is 0.614. The number of aromatic amines is 1. The van der Waals surface area contributed by atoms with Crippen LogP contribution in [0.3, 0.4) is 0 Å². The zero-order valence-electron chi connectivity index (χ0n) is 15.3. The first-order valence-corrected chi connectivity index (χ1v) is 9.49. The Labute approximate surface area is 156 Å². The van der Waals surface area contributed by atoms with E-state index < -0.39 is 0 Å². The predicted octanol–water partition coefficient (Wildman–Crippen LogP) is 3.86. The first-order valence-electron chi connectivity index (χ1n) is 8.61. The summed E-state index contributed by atoms with van der Waals surface area (Å²) in [4.78, 5) is 20.3. The van der Waals surface area contributed by atoms with E-state index in [9.17, 15) is 4.79 Å². The SMILES string of the molecule is CCOc1ccc2nc(S[C@H](C)C(=O)Nc3ccnn3C(C)C)[nH]c2c1. The van der Waals surface area contributed by atoms with Crippen molar-refractivity contribution in [2.45, 2.75) is 44.1 Å². The van der Waals surface area contributed by atoms with Gasteiger partial charge in [0, 0.05) is 18.2 Å². The van der Waals surface area contributed by atoms with Crippen molar-refractivity contribution in [3.8, 4) is 5.75 Å². The van der Waals surface area contributed by atoms with Crippen LogP contribution >= 0.6 is 11.8 Å². The molecular weight excluding hydrogens is 350 g/mol. The molecule has 0 spiro atoms. The summed E-state index contributed by atoms with van der Waals surface area (Å²) in [6.07, 6.45) is 1.68. The average molecular weight is 373 g/mol. The number of ether oxygens (including phenoxy) is 1. The van der Waals surface area contributed by atoms with Gasteiger partial charge < -0.3 is 15.0 Å². The number of benzene rings is 1. The summed E-state index contributed by atoms with van der Waals surface area (Å²) in [5, 5.41) is 7.55. The van der Waals surface area contributed by atoms with E-state index in [1.165, 1.54) is 11.8 Å². The summed E-state index contributed by atoms with van der Waals surface area (Å²) < 4.78 is 7.29. The van der Waals surface area contributed by atoms with E-state index >= 15 is 0 Å². The number of nitrogens with zero attached hydrogens (tertiary/aromatic N) is 3. The largest absolute Gasteiger partial charge is 0.494 e. The summed E-state index contributed by atoms with van der Waals surface area (Å²) in [6, 6.07) is 7.70. The van der Waals surface area contributed by atoms with Gasteiger partial charge in [0.05, 0.1) is 29.1 Å². The third-order valence-electron chi connectivity index (χ3n) is 3.81. The molecule has 0 saturated heterocycles. The second kappa shape index (κ2) is 7.82. The summed E-state index contributed by atoms with van der Waals surface area (Å²) >= 11 is 1.38. The number of nitrogens with one attached hydrogen (secondary N) is 2. The molecule has 0 bridgehead atoms. The van der Waals surface area contributed by atoms with Gasteiger partial charge >= 0.3 is 0 Å². The molecule has 0 unspecified atom stereocenters. The predicted molar refractivity (Wildman–Crippen MR) is 104 cm³/mol. The van der Waals surface area contributed by atoms with Gasteiger partial charge in [-0.3, -0.25) is 4.79 Å². The molecule has 0 aliphatic heterocycles. The van der Waals surface area contributed by atoms with Crippen molar-refractivity contribution in [1.82, 2.24) is 19.7 Å². The fraction of sp³-hybridized carbons (Fsp3) is 0.389. The molecule has 0 saturated carbocycles. The van der Waals surface area contributed by atoms with Crippen LogP contribution in [0.1, 0.15) is 33.7 Å². The fourth-order valence-electron chi connectivity index (χ4n) is 2.55. The van der Waals surface area contributed by atoms with Crippen molar-refractivity contribution in [3.63, 3.8) is 0 Å². The number of hydrogen-bond donors (Lipinski definition) is 2. The molecule has 2 N–H and O–H groups in total. The summed E-state index contributed by atoms with van der Waals surface area (Å²) in [5.41, 5.74) is 1.74. The molecule has 0 aliphatic carbocycles. The molecule has 3 aromatic rings. The van der Waals surface area contributed by atoms with E-state index in [1.54, 1.807) is 16.9 Å². The Morgan fingerprint density at radius 1 is 1.35 bits per heavy atom. The standard InChI is InChI=1S/C18H23N5O2S/c1-5-25-13-6-7-14-15(10-13)21-18(20-14)26-12(4)17(24)22-16-8-9-19-23(16)11(2)3/h6-12H,5H2,1-4H3,(H,20,21)(H,22,24)/t12-/m1/s1. The highest BCUT2D eigenvalue weighted by Gasteiger charge is 2.19. The minimum Gasteiger partial charge on any atom is -0.494 e. The smallest absolute Gasteiger partial charge is 0.238 e. The lowest BCUT2D eigenvalue weighted by molar-refractivity contribution is -0.115. The number of anilines is 1. The number of hydrogen-bond acceptors (Lipinski definition) is 5. The van der Waals surface area contributed by atoms with E-state index in [4.69, 9.17) is 4.74 Å². The highest BCUT2D eigenvalue weighted by Crippen LogP contribution is 2.26. The van der Waals surface area contributed by atoms with Crippen LogP contribution in [-0.4, -0.2) is 37.5 Å². The lowest BCUT2D eigenvalue weighted by atomic mass is 10.3. The van der Waals surface area contributed by atoms with Gasteiger partial charge in [0.15, 0.2) is 5.16 Å². The van der Waals surface area contributed by atoms with Crippen LogP contribution in [0.2, 0.25) is 0 Å². The van der Waals surface area contributed by atoms with E-state index in [2.05, 4.69) is 20.4 Å².